The number of aryl methyl sites for hydroxylation is 1. The molecule has 0 fully saturated rings. The number of rotatable bonds is 2. The number of benzene rings is 1. The van der Waals surface area contributed by atoms with E-state index in [-0.39, 0.29) is 0 Å². The van der Waals surface area contributed by atoms with Crippen molar-refractivity contribution in [3.8, 4) is 0 Å². The summed E-state index contributed by atoms with van der Waals surface area (Å²) in [5.41, 5.74) is 4.26. The quantitative estimate of drug-likeness (QED) is 0.470. The summed E-state index contributed by atoms with van der Waals surface area (Å²) in [6.07, 6.45) is 2.77. The normalized spacial score (nSPS) is 10.9. The number of hydroxylamine groups is 1. The van der Waals surface area contributed by atoms with E-state index in [2.05, 4.69) is 11.1 Å². The molecule has 17 heavy (non-hydrogen) atoms. The zero-order valence-corrected chi connectivity index (χ0v) is 9.34. The zero-order valence-electron chi connectivity index (χ0n) is 9.34. The Labute approximate surface area is 98.6 Å². The lowest BCUT2D eigenvalue weighted by Gasteiger charge is -2.00. The van der Waals surface area contributed by atoms with Gasteiger partial charge in [0, 0.05) is 11.5 Å². The van der Waals surface area contributed by atoms with Crippen LogP contribution in [0.25, 0.3) is 17.0 Å². The van der Waals surface area contributed by atoms with E-state index in [1.807, 2.05) is 31.2 Å². The minimum atomic E-state index is -0.573. The van der Waals surface area contributed by atoms with Crippen LogP contribution in [0, 0.1) is 6.92 Å². The number of nitrogens with one attached hydrogen (secondary N) is 1. The Hall–Kier alpha value is -2.20. The van der Waals surface area contributed by atoms with Gasteiger partial charge in [0.1, 0.15) is 0 Å². The highest BCUT2D eigenvalue weighted by molar-refractivity contribution is 5.91. The summed E-state index contributed by atoms with van der Waals surface area (Å²) >= 11 is 0. The van der Waals surface area contributed by atoms with Crippen LogP contribution in [0.1, 0.15) is 11.3 Å². The van der Waals surface area contributed by atoms with Crippen molar-refractivity contribution in [3.63, 3.8) is 0 Å². The predicted molar refractivity (Wildman–Crippen MR) is 65.4 cm³/mol. The number of amides is 1. The number of fused-ring (bicyclic) bond motifs is 1. The van der Waals surface area contributed by atoms with Crippen LogP contribution in [-0.4, -0.2) is 16.1 Å². The highest BCUT2D eigenvalue weighted by atomic mass is 16.5. The maximum Gasteiger partial charge on any atom is 0.267 e. The van der Waals surface area contributed by atoms with Gasteiger partial charge in [-0.05, 0) is 31.2 Å². The topological polar surface area (TPSA) is 62.2 Å². The number of pyridine rings is 1. The van der Waals surface area contributed by atoms with Gasteiger partial charge in [0.25, 0.3) is 5.91 Å². The van der Waals surface area contributed by atoms with Crippen LogP contribution in [0.4, 0.5) is 0 Å². The molecular weight excluding hydrogens is 216 g/mol. The molecule has 0 bridgehead atoms. The summed E-state index contributed by atoms with van der Waals surface area (Å²) < 4.78 is 0. The molecule has 0 aliphatic rings. The lowest BCUT2D eigenvalue weighted by Crippen LogP contribution is -2.14. The first-order chi connectivity index (χ1) is 8.19. The average molecular weight is 228 g/mol. The van der Waals surface area contributed by atoms with E-state index in [1.165, 1.54) is 17.1 Å². The second kappa shape index (κ2) is 4.76. The zero-order chi connectivity index (χ0) is 12.3. The summed E-state index contributed by atoms with van der Waals surface area (Å²) in [6, 6.07) is 9.75. The van der Waals surface area contributed by atoms with Gasteiger partial charge in [0.2, 0.25) is 0 Å². The monoisotopic (exact) mass is 228 g/mol. The van der Waals surface area contributed by atoms with Crippen LogP contribution in [0.2, 0.25) is 0 Å². The van der Waals surface area contributed by atoms with E-state index in [0.29, 0.717) is 5.69 Å². The van der Waals surface area contributed by atoms with E-state index >= 15 is 0 Å². The molecule has 1 aromatic heterocycles. The molecule has 2 N–H and O–H groups in total. The van der Waals surface area contributed by atoms with Crippen molar-refractivity contribution in [1.29, 1.82) is 0 Å². The molecule has 0 unspecified atom stereocenters. The van der Waals surface area contributed by atoms with Gasteiger partial charge in [-0.1, -0.05) is 17.7 Å². The van der Waals surface area contributed by atoms with Gasteiger partial charge in [0.15, 0.2) is 0 Å². The Kier molecular flexibility index (Phi) is 3.16. The number of nitrogens with zero attached hydrogens (tertiary/aromatic N) is 1. The fourth-order valence-corrected chi connectivity index (χ4v) is 1.55. The molecule has 0 saturated heterocycles. The van der Waals surface area contributed by atoms with Gasteiger partial charge < -0.3 is 0 Å². The first kappa shape index (κ1) is 11.3. The summed E-state index contributed by atoms with van der Waals surface area (Å²) in [4.78, 5) is 15.2. The van der Waals surface area contributed by atoms with Crippen LogP contribution in [-0.2, 0) is 4.79 Å². The maximum atomic E-state index is 10.8. The number of carbonyl (C=O) groups is 1. The number of hydrogen-bond acceptors (Lipinski definition) is 3. The van der Waals surface area contributed by atoms with Crippen LogP contribution in [0.15, 0.2) is 36.4 Å². The third-order valence-electron chi connectivity index (χ3n) is 2.38. The molecule has 0 atom stereocenters. The molecule has 4 heteroatoms. The molecule has 1 aromatic carbocycles. The van der Waals surface area contributed by atoms with Crippen molar-refractivity contribution < 1.29 is 10.0 Å². The lowest BCUT2D eigenvalue weighted by molar-refractivity contribution is -0.124. The third kappa shape index (κ3) is 2.68. The van der Waals surface area contributed by atoms with Crippen LogP contribution in [0.5, 0.6) is 0 Å². The molecule has 86 valence electrons. The molecule has 1 amide bonds. The molecule has 0 aliphatic carbocycles. The minimum Gasteiger partial charge on any atom is -0.288 e. The Morgan fingerprint density at radius 2 is 2.18 bits per heavy atom. The van der Waals surface area contributed by atoms with Gasteiger partial charge in [-0.2, -0.15) is 0 Å². The van der Waals surface area contributed by atoms with Crippen LogP contribution < -0.4 is 5.48 Å². The number of hydrogen-bond donors (Lipinski definition) is 2. The van der Waals surface area contributed by atoms with E-state index in [1.54, 1.807) is 6.08 Å². The van der Waals surface area contributed by atoms with Gasteiger partial charge in [-0.3, -0.25) is 10.0 Å². The summed E-state index contributed by atoms with van der Waals surface area (Å²) in [6.45, 7) is 2.03. The van der Waals surface area contributed by atoms with Crippen molar-refractivity contribution in [2.75, 3.05) is 0 Å². The highest BCUT2D eigenvalue weighted by Gasteiger charge is 1.97. The van der Waals surface area contributed by atoms with Gasteiger partial charge in [-0.15, -0.1) is 0 Å². The fraction of sp³-hybridized carbons (Fsp3) is 0.0769. The molecule has 1 heterocycles. The Balaban J connectivity index is 2.35. The Morgan fingerprint density at radius 1 is 1.35 bits per heavy atom. The molecule has 4 nitrogen and oxygen atoms in total. The van der Waals surface area contributed by atoms with Crippen LogP contribution in [0.3, 0.4) is 0 Å². The smallest absolute Gasteiger partial charge is 0.267 e. The first-order valence-corrected chi connectivity index (χ1v) is 5.18. The molecule has 2 aromatic rings. The summed E-state index contributed by atoms with van der Waals surface area (Å²) in [5.74, 6) is -0.573. The first-order valence-electron chi connectivity index (χ1n) is 5.18. The second-order valence-corrected chi connectivity index (χ2v) is 3.74. The lowest BCUT2D eigenvalue weighted by atomic mass is 10.1. The molecule has 0 radical (unpaired) electrons. The van der Waals surface area contributed by atoms with E-state index in [0.717, 1.165) is 10.9 Å². The molecule has 0 spiro atoms. The van der Waals surface area contributed by atoms with E-state index in [9.17, 15) is 4.79 Å². The van der Waals surface area contributed by atoms with Crippen molar-refractivity contribution in [2.45, 2.75) is 6.92 Å². The predicted octanol–water partition coefficient (Wildman–Crippen LogP) is 2.06. The van der Waals surface area contributed by atoms with Crippen molar-refractivity contribution in [1.82, 2.24) is 10.5 Å². The average Bonchev–Trinajstić information content (AvgIpc) is 2.35. The van der Waals surface area contributed by atoms with Gasteiger partial charge in [0.05, 0.1) is 11.2 Å². The largest absolute Gasteiger partial charge is 0.288 e. The van der Waals surface area contributed by atoms with E-state index < -0.39 is 5.91 Å². The Morgan fingerprint density at radius 3 is 2.94 bits per heavy atom. The second-order valence-electron chi connectivity index (χ2n) is 3.74. The highest BCUT2D eigenvalue weighted by Crippen LogP contribution is 2.14. The standard InChI is InChI=1S/C13H12N2O2/c1-9-2-6-12-10(8-9)3-4-11(14-12)5-7-13(16)15-17/h2-8,17H,1H3,(H,15,16)/b7-5+. The molecule has 0 aliphatic heterocycles. The molecule has 0 saturated carbocycles. The SMILES string of the molecule is Cc1ccc2nc(/C=C/C(=O)NO)ccc2c1. The fourth-order valence-electron chi connectivity index (χ4n) is 1.55. The van der Waals surface area contributed by atoms with Crippen LogP contribution >= 0.6 is 0 Å². The van der Waals surface area contributed by atoms with E-state index in [4.69, 9.17) is 5.21 Å². The number of aromatic nitrogens is 1. The van der Waals surface area contributed by atoms with Crippen molar-refractivity contribution in [3.05, 3.63) is 47.7 Å². The minimum absolute atomic E-state index is 0.573. The van der Waals surface area contributed by atoms with Crippen molar-refractivity contribution in [2.24, 2.45) is 0 Å². The van der Waals surface area contributed by atoms with Gasteiger partial charge in [-0.25, -0.2) is 10.5 Å². The summed E-state index contributed by atoms with van der Waals surface area (Å²) in [7, 11) is 0. The molecule has 2 rings (SSSR count). The Bertz CT molecular complexity index is 591. The summed E-state index contributed by atoms with van der Waals surface area (Å²) in [5, 5.41) is 9.41. The number of carbonyl (C=O) groups excluding carboxylic acids is 1. The van der Waals surface area contributed by atoms with Gasteiger partial charge >= 0.3 is 0 Å². The third-order valence-corrected chi connectivity index (χ3v) is 2.38. The maximum absolute atomic E-state index is 10.8. The molecular formula is C13H12N2O2. The van der Waals surface area contributed by atoms with Crippen molar-refractivity contribution >= 4 is 22.9 Å².